The third-order valence-electron chi connectivity index (χ3n) is 2.87. The van der Waals surface area contributed by atoms with E-state index >= 15 is 0 Å². The molecule has 0 bridgehead atoms. The predicted molar refractivity (Wildman–Crippen MR) is 59.7 cm³/mol. The first-order chi connectivity index (χ1) is 6.88. The van der Waals surface area contributed by atoms with Gasteiger partial charge in [0.05, 0.1) is 0 Å². The molecule has 3 nitrogen and oxygen atoms in total. The molecule has 80 valence electrons. The summed E-state index contributed by atoms with van der Waals surface area (Å²) in [6.07, 6.45) is 3.53. The Morgan fingerprint density at radius 3 is 2.29 bits per heavy atom. The quantitative estimate of drug-likeness (QED) is 0.612. The summed E-state index contributed by atoms with van der Waals surface area (Å²) in [5, 5.41) is 0. The van der Waals surface area contributed by atoms with Crippen LogP contribution in [0.4, 0.5) is 4.79 Å². The van der Waals surface area contributed by atoms with Crippen molar-refractivity contribution >= 4 is 17.8 Å². The Balaban J connectivity index is 1.88. The number of thioether (sulfide) groups is 1. The number of carbonyl (C=O) groups excluding carboxylic acids is 1. The first-order valence-corrected chi connectivity index (χ1v) is 6.65. The molecule has 2 fully saturated rings. The molecule has 0 spiro atoms. The number of rotatable bonds is 0. The zero-order valence-corrected chi connectivity index (χ0v) is 9.39. The van der Waals surface area contributed by atoms with Gasteiger partial charge in [0, 0.05) is 31.9 Å². The number of nitrogens with zero attached hydrogens (tertiary/aromatic N) is 2. The van der Waals surface area contributed by atoms with Crippen LogP contribution in [-0.2, 0) is 0 Å². The Hall–Kier alpha value is -0.380. The van der Waals surface area contributed by atoms with Crippen LogP contribution in [-0.4, -0.2) is 53.5 Å². The van der Waals surface area contributed by atoms with Crippen molar-refractivity contribution < 1.29 is 4.79 Å². The van der Waals surface area contributed by atoms with Crippen LogP contribution in [0.2, 0.25) is 0 Å². The molecule has 0 aliphatic carbocycles. The molecule has 0 aromatic carbocycles. The summed E-state index contributed by atoms with van der Waals surface area (Å²) in [5.74, 6) is 2.32. The van der Waals surface area contributed by atoms with Crippen LogP contribution in [0.15, 0.2) is 0 Å². The van der Waals surface area contributed by atoms with E-state index in [9.17, 15) is 4.79 Å². The minimum atomic E-state index is 0.282. The molecule has 2 heterocycles. The number of hydrogen-bond acceptors (Lipinski definition) is 2. The van der Waals surface area contributed by atoms with Crippen molar-refractivity contribution in [3.05, 3.63) is 0 Å². The normalized spacial score (nSPS) is 23.7. The van der Waals surface area contributed by atoms with Crippen molar-refractivity contribution in [3.8, 4) is 0 Å². The number of urea groups is 1. The Morgan fingerprint density at radius 2 is 1.50 bits per heavy atom. The van der Waals surface area contributed by atoms with Gasteiger partial charge >= 0.3 is 6.03 Å². The van der Waals surface area contributed by atoms with Crippen LogP contribution >= 0.6 is 11.8 Å². The molecule has 4 heteroatoms. The first kappa shape index (κ1) is 10.1. The van der Waals surface area contributed by atoms with Crippen LogP contribution in [0, 0.1) is 0 Å². The summed E-state index contributed by atoms with van der Waals surface area (Å²) >= 11 is 1.97. The lowest BCUT2D eigenvalue weighted by Crippen LogP contribution is -2.42. The molecule has 14 heavy (non-hydrogen) atoms. The second-order valence-corrected chi connectivity index (χ2v) is 5.15. The molecule has 2 amide bonds. The van der Waals surface area contributed by atoms with Crippen LogP contribution in [0.3, 0.4) is 0 Å². The summed E-state index contributed by atoms with van der Waals surface area (Å²) in [5.41, 5.74) is 0. The van der Waals surface area contributed by atoms with Gasteiger partial charge < -0.3 is 9.80 Å². The Morgan fingerprint density at radius 1 is 0.857 bits per heavy atom. The lowest BCUT2D eigenvalue weighted by Gasteiger charge is -2.26. The van der Waals surface area contributed by atoms with Crippen molar-refractivity contribution in [2.24, 2.45) is 0 Å². The lowest BCUT2D eigenvalue weighted by molar-refractivity contribution is 0.166. The minimum Gasteiger partial charge on any atom is -0.325 e. The zero-order chi connectivity index (χ0) is 9.80. The van der Waals surface area contributed by atoms with E-state index < -0.39 is 0 Å². The Bertz CT molecular complexity index is 196. The molecular formula is C10H18N2OS. The van der Waals surface area contributed by atoms with Gasteiger partial charge in [0.2, 0.25) is 0 Å². The third kappa shape index (κ3) is 2.35. The van der Waals surface area contributed by atoms with E-state index in [-0.39, 0.29) is 6.03 Å². The molecular weight excluding hydrogens is 196 g/mol. The Kier molecular flexibility index (Phi) is 3.56. The molecule has 0 radical (unpaired) electrons. The fourth-order valence-corrected chi connectivity index (χ4v) is 2.93. The number of likely N-dealkylation sites (tertiary alicyclic amines) is 1. The zero-order valence-electron chi connectivity index (χ0n) is 8.57. The number of hydrogen-bond donors (Lipinski definition) is 0. The summed E-state index contributed by atoms with van der Waals surface area (Å²) in [6, 6.07) is 0.282. The highest BCUT2D eigenvalue weighted by Crippen LogP contribution is 2.15. The molecule has 2 aliphatic heterocycles. The van der Waals surface area contributed by atoms with E-state index in [0.29, 0.717) is 0 Å². The van der Waals surface area contributed by atoms with Crippen molar-refractivity contribution in [1.82, 2.24) is 9.80 Å². The van der Waals surface area contributed by atoms with E-state index in [2.05, 4.69) is 0 Å². The third-order valence-corrected chi connectivity index (χ3v) is 3.92. The van der Waals surface area contributed by atoms with Gasteiger partial charge in [-0.3, -0.25) is 0 Å². The molecule has 0 aromatic rings. The van der Waals surface area contributed by atoms with Crippen LogP contribution in [0.1, 0.15) is 19.3 Å². The highest BCUT2D eigenvalue weighted by molar-refractivity contribution is 7.99. The van der Waals surface area contributed by atoms with E-state index in [1.54, 1.807) is 0 Å². The molecule has 2 saturated heterocycles. The van der Waals surface area contributed by atoms with Gasteiger partial charge in [0.25, 0.3) is 0 Å². The average molecular weight is 214 g/mol. The topological polar surface area (TPSA) is 23.6 Å². The summed E-state index contributed by atoms with van der Waals surface area (Å²) in [6.45, 7) is 3.85. The fraction of sp³-hybridized carbons (Fsp3) is 0.900. The summed E-state index contributed by atoms with van der Waals surface area (Å²) in [4.78, 5) is 16.0. The Labute approximate surface area is 89.8 Å². The smallest absolute Gasteiger partial charge is 0.320 e. The minimum absolute atomic E-state index is 0.282. The van der Waals surface area contributed by atoms with Crippen LogP contribution in [0.5, 0.6) is 0 Å². The second-order valence-electron chi connectivity index (χ2n) is 3.93. The molecule has 2 aliphatic rings. The van der Waals surface area contributed by atoms with E-state index in [1.807, 2.05) is 21.6 Å². The van der Waals surface area contributed by atoms with E-state index in [1.165, 1.54) is 18.6 Å². The predicted octanol–water partition coefficient (Wildman–Crippen LogP) is 1.64. The summed E-state index contributed by atoms with van der Waals surface area (Å²) in [7, 11) is 0. The molecule has 0 atom stereocenters. The van der Waals surface area contributed by atoms with Crippen molar-refractivity contribution in [2.45, 2.75) is 19.3 Å². The van der Waals surface area contributed by atoms with Crippen molar-refractivity contribution in [1.29, 1.82) is 0 Å². The molecule has 2 rings (SSSR count). The SMILES string of the molecule is O=C(N1CCCC1)N1CCCSCC1. The van der Waals surface area contributed by atoms with Crippen molar-refractivity contribution in [3.63, 3.8) is 0 Å². The lowest BCUT2D eigenvalue weighted by atomic mass is 10.4. The van der Waals surface area contributed by atoms with Gasteiger partial charge in [-0.15, -0.1) is 0 Å². The van der Waals surface area contributed by atoms with Gasteiger partial charge in [0.15, 0.2) is 0 Å². The largest absolute Gasteiger partial charge is 0.325 e. The maximum atomic E-state index is 12.0. The van der Waals surface area contributed by atoms with E-state index in [0.717, 1.165) is 38.4 Å². The second kappa shape index (κ2) is 4.91. The molecule has 0 unspecified atom stereocenters. The monoisotopic (exact) mass is 214 g/mol. The number of amides is 2. The van der Waals surface area contributed by atoms with Crippen molar-refractivity contribution in [2.75, 3.05) is 37.7 Å². The van der Waals surface area contributed by atoms with E-state index in [4.69, 9.17) is 0 Å². The standard InChI is InChI=1S/C10H18N2OS/c13-10(11-4-1-2-5-11)12-6-3-8-14-9-7-12/h1-9H2. The maximum absolute atomic E-state index is 12.0. The van der Waals surface area contributed by atoms with Gasteiger partial charge in [-0.1, -0.05) is 0 Å². The molecule has 0 N–H and O–H groups in total. The maximum Gasteiger partial charge on any atom is 0.320 e. The van der Waals surface area contributed by atoms with Gasteiger partial charge in [-0.25, -0.2) is 4.79 Å². The molecule has 0 aromatic heterocycles. The van der Waals surface area contributed by atoms with Crippen LogP contribution in [0.25, 0.3) is 0 Å². The highest BCUT2D eigenvalue weighted by atomic mass is 32.2. The van der Waals surface area contributed by atoms with Gasteiger partial charge in [-0.2, -0.15) is 11.8 Å². The average Bonchev–Trinajstić information content (AvgIpc) is 2.59. The van der Waals surface area contributed by atoms with Gasteiger partial charge in [-0.05, 0) is 25.0 Å². The van der Waals surface area contributed by atoms with Gasteiger partial charge in [0.1, 0.15) is 0 Å². The van der Waals surface area contributed by atoms with Crippen LogP contribution < -0.4 is 0 Å². The first-order valence-electron chi connectivity index (χ1n) is 5.49. The fourth-order valence-electron chi connectivity index (χ4n) is 2.05. The summed E-state index contributed by atoms with van der Waals surface area (Å²) < 4.78 is 0. The molecule has 0 saturated carbocycles. The number of carbonyl (C=O) groups is 1. The highest BCUT2D eigenvalue weighted by Gasteiger charge is 2.23.